The second kappa shape index (κ2) is 10.2. The topological polar surface area (TPSA) is 63.0 Å². The summed E-state index contributed by atoms with van der Waals surface area (Å²) in [6.07, 6.45) is 6.24. The fraction of sp³-hybridized carbons (Fsp3) is 0.600. The molecule has 6 nitrogen and oxygen atoms in total. The minimum atomic E-state index is 0.284. The minimum Gasteiger partial charge on any atom is -0.378 e. The lowest BCUT2D eigenvalue weighted by molar-refractivity contribution is 0.0258. The van der Waals surface area contributed by atoms with Crippen LogP contribution in [0.15, 0.2) is 29.5 Å². The van der Waals surface area contributed by atoms with E-state index >= 15 is 0 Å². The molecule has 2 aromatic rings. The van der Waals surface area contributed by atoms with Crippen molar-refractivity contribution in [3.8, 4) is 0 Å². The van der Waals surface area contributed by atoms with Crippen molar-refractivity contribution >= 4 is 11.6 Å². The van der Waals surface area contributed by atoms with E-state index in [1.165, 1.54) is 5.56 Å². The average Bonchev–Trinajstić information content (AvgIpc) is 3.03. The second-order valence-electron chi connectivity index (χ2n) is 6.86. The lowest BCUT2D eigenvalue weighted by Crippen LogP contribution is -2.40. The fourth-order valence-electron chi connectivity index (χ4n) is 3.01. The van der Waals surface area contributed by atoms with Crippen LogP contribution in [0.3, 0.4) is 0 Å². The van der Waals surface area contributed by atoms with Crippen LogP contribution in [0.1, 0.15) is 38.4 Å². The first-order valence-corrected chi connectivity index (χ1v) is 9.54. The molecule has 0 aliphatic heterocycles. The summed E-state index contributed by atoms with van der Waals surface area (Å²) in [5, 5.41) is 6.73. The highest BCUT2D eigenvalue weighted by Gasteiger charge is 2.13. The highest BCUT2D eigenvalue weighted by molar-refractivity contribution is 5.79. The van der Waals surface area contributed by atoms with Gasteiger partial charge in [-0.3, -0.25) is 4.99 Å². The van der Waals surface area contributed by atoms with Crippen LogP contribution < -0.4 is 10.6 Å². The van der Waals surface area contributed by atoms with Gasteiger partial charge in [0.05, 0.1) is 11.8 Å². The van der Waals surface area contributed by atoms with Crippen molar-refractivity contribution in [3.05, 3.63) is 35.8 Å². The molecule has 2 aromatic heterocycles. The molecule has 0 aromatic carbocycles. The molecule has 0 aliphatic rings. The number of aromatic nitrogens is 2. The summed E-state index contributed by atoms with van der Waals surface area (Å²) in [7, 11) is 1.80. The van der Waals surface area contributed by atoms with Crippen LogP contribution in [0.5, 0.6) is 0 Å². The van der Waals surface area contributed by atoms with E-state index in [-0.39, 0.29) is 6.10 Å². The first kappa shape index (κ1) is 20.2. The molecule has 26 heavy (non-hydrogen) atoms. The summed E-state index contributed by atoms with van der Waals surface area (Å²) in [6.45, 7) is 10.9. The predicted octanol–water partition coefficient (Wildman–Crippen LogP) is 2.80. The lowest BCUT2D eigenvalue weighted by Gasteiger charge is -2.21. The lowest BCUT2D eigenvalue weighted by atomic mass is 10.0. The Hall–Kier alpha value is -2.08. The number of hydrogen-bond acceptors (Lipinski definition) is 3. The maximum Gasteiger partial charge on any atom is 0.190 e. The third-order valence-electron chi connectivity index (χ3n) is 4.47. The van der Waals surface area contributed by atoms with E-state index in [9.17, 15) is 0 Å². The Morgan fingerprint density at radius 3 is 2.73 bits per heavy atom. The SMILES string of the molecule is CCOC(CCNC(=NC)NCCc1cn2cccc(C)c2n1)C(C)C. The summed E-state index contributed by atoms with van der Waals surface area (Å²) < 4.78 is 7.87. The Labute approximate surface area is 157 Å². The Balaban J connectivity index is 1.76. The first-order chi connectivity index (χ1) is 12.5. The Morgan fingerprint density at radius 1 is 1.31 bits per heavy atom. The molecule has 2 N–H and O–H groups in total. The number of aliphatic imine (C=N–C) groups is 1. The highest BCUT2D eigenvalue weighted by Crippen LogP contribution is 2.11. The molecule has 0 saturated heterocycles. The highest BCUT2D eigenvalue weighted by atomic mass is 16.5. The Bertz CT molecular complexity index is 707. The minimum absolute atomic E-state index is 0.284. The maximum atomic E-state index is 5.79. The zero-order valence-electron chi connectivity index (χ0n) is 16.7. The zero-order chi connectivity index (χ0) is 18.9. The van der Waals surface area contributed by atoms with Crippen molar-refractivity contribution in [1.29, 1.82) is 0 Å². The predicted molar refractivity (Wildman–Crippen MR) is 108 cm³/mol. The molecule has 0 saturated carbocycles. The van der Waals surface area contributed by atoms with Gasteiger partial charge >= 0.3 is 0 Å². The van der Waals surface area contributed by atoms with Crippen LogP contribution in [-0.2, 0) is 11.2 Å². The number of ether oxygens (including phenoxy) is 1. The number of rotatable bonds is 9. The van der Waals surface area contributed by atoms with E-state index in [1.54, 1.807) is 7.05 Å². The molecule has 2 rings (SSSR count). The molecule has 144 valence electrons. The van der Waals surface area contributed by atoms with Gasteiger partial charge in [-0.2, -0.15) is 0 Å². The Morgan fingerprint density at radius 2 is 2.08 bits per heavy atom. The van der Waals surface area contributed by atoms with Crippen molar-refractivity contribution in [2.24, 2.45) is 10.9 Å². The molecule has 6 heteroatoms. The molecule has 2 heterocycles. The molecule has 0 amide bonds. The first-order valence-electron chi connectivity index (χ1n) is 9.54. The van der Waals surface area contributed by atoms with Crippen LogP contribution in [0.4, 0.5) is 0 Å². The van der Waals surface area contributed by atoms with Crippen molar-refractivity contribution < 1.29 is 4.74 Å². The Kier molecular flexibility index (Phi) is 7.91. The molecule has 0 aliphatic carbocycles. The van der Waals surface area contributed by atoms with E-state index in [0.29, 0.717) is 5.92 Å². The van der Waals surface area contributed by atoms with Crippen LogP contribution in [0, 0.1) is 12.8 Å². The van der Waals surface area contributed by atoms with Gasteiger partial charge in [-0.1, -0.05) is 19.9 Å². The molecule has 0 spiro atoms. The number of aryl methyl sites for hydroxylation is 1. The summed E-state index contributed by atoms with van der Waals surface area (Å²) in [6, 6.07) is 4.13. The number of fused-ring (bicyclic) bond motifs is 1. The zero-order valence-corrected chi connectivity index (χ0v) is 16.7. The van der Waals surface area contributed by atoms with Gasteiger partial charge in [0.2, 0.25) is 0 Å². The van der Waals surface area contributed by atoms with Gasteiger partial charge in [0.25, 0.3) is 0 Å². The molecule has 1 unspecified atom stereocenters. The van der Waals surface area contributed by atoms with Crippen molar-refractivity contribution in [3.63, 3.8) is 0 Å². The number of hydrogen-bond donors (Lipinski definition) is 2. The van der Waals surface area contributed by atoms with Gasteiger partial charge in [-0.15, -0.1) is 0 Å². The van der Waals surface area contributed by atoms with Gasteiger partial charge in [0.1, 0.15) is 5.65 Å². The van der Waals surface area contributed by atoms with Gasteiger partial charge < -0.3 is 19.8 Å². The normalized spacial score (nSPS) is 13.4. The van der Waals surface area contributed by atoms with Crippen molar-refractivity contribution in [1.82, 2.24) is 20.0 Å². The number of pyridine rings is 1. The summed E-state index contributed by atoms with van der Waals surface area (Å²) >= 11 is 0. The fourth-order valence-corrected chi connectivity index (χ4v) is 3.01. The molecular weight excluding hydrogens is 326 g/mol. The van der Waals surface area contributed by atoms with Crippen LogP contribution in [0.2, 0.25) is 0 Å². The van der Waals surface area contributed by atoms with E-state index in [0.717, 1.165) is 49.8 Å². The van der Waals surface area contributed by atoms with E-state index in [4.69, 9.17) is 9.72 Å². The second-order valence-corrected chi connectivity index (χ2v) is 6.86. The van der Waals surface area contributed by atoms with Crippen LogP contribution >= 0.6 is 0 Å². The summed E-state index contributed by atoms with van der Waals surface area (Å²) in [5.74, 6) is 1.34. The summed E-state index contributed by atoms with van der Waals surface area (Å²) in [4.78, 5) is 9.00. The number of nitrogens with zero attached hydrogens (tertiary/aromatic N) is 3. The van der Waals surface area contributed by atoms with Gasteiger partial charge in [-0.25, -0.2) is 4.98 Å². The molecule has 0 radical (unpaired) electrons. The molecule has 1 atom stereocenters. The van der Waals surface area contributed by atoms with Crippen molar-refractivity contribution in [2.75, 3.05) is 26.7 Å². The number of guanidine groups is 1. The third-order valence-corrected chi connectivity index (χ3v) is 4.47. The largest absolute Gasteiger partial charge is 0.378 e. The maximum absolute atomic E-state index is 5.79. The monoisotopic (exact) mass is 359 g/mol. The van der Waals surface area contributed by atoms with Gasteiger partial charge in [0, 0.05) is 45.6 Å². The third kappa shape index (κ3) is 5.73. The molecule has 0 bridgehead atoms. The van der Waals surface area contributed by atoms with Crippen molar-refractivity contribution in [2.45, 2.75) is 46.6 Å². The number of imidazole rings is 1. The summed E-state index contributed by atoms with van der Waals surface area (Å²) in [5.41, 5.74) is 3.30. The molecule has 0 fully saturated rings. The number of nitrogens with one attached hydrogen (secondary N) is 2. The molecular formula is C20H33N5O. The standard InChI is InChI=1S/C20H33N5O/c1-6-26-18(15(2)3)10-12-23-20(21-5)22-11-9-17-14-25-13-7-8-16(4)19(25)24-17/h7-8,13-15,18H,6,9-12H2,1-5H3,(H2,21,22,23). The average molecular weight is 360 g/mol. The van der Waals surface area contributed by atoms with E-state index in [2.05, 4.69) is 53.1 Å². The van der Waals surface area contributed by atoms with Crippen LogP contribution in [0.25, 0.3) is 5.65 Å². The van der Waals surface area contributed by atoms with E-state index in [1.807, 2.05) is 19.2 Å². The van der Waals surface area contributed by atoms with Crippen LogP contribution in [-0.4, -0.2) is 48.2 Å². The quantitative estimate of drug-likeness (QED) is 0.534. The smallest absolute Gasteiger partial charge is 0.190 e. The van der Waals surface area contributed by atoms with Gasteiger partial charge in [-0.05, 0) is 37.8 Å². The van der Waals surface area contributed by atoms with Gasteiger partial charge in [0.15, 0.2) is 5.96 Å². The van der Waals surface area contributed by atoms with E-state index < -0.39 is 0 Å².